The van der Waals surface area contributed by atoms with Crippen molar-refractivity contribution in [3.63, 3.8) is 0 Å². The number of amides is 1. The Morgan fingerprint density at radius 2 is 1.94 bits per heavy atom. The van der Waals surface area contributed by atoms with Crippen LogP contribution in [0.2, 0.25) is 5.02 Å². The van der Waals surface area contributed by atoms with Gasteiger partial charge in [0.05, 0.1) is 32.5 Å². The molecule has 0 N–H and O–H groups in total. The highest BCUT2D eigenvalue weighted by Gasteiger charge is 2.30. The van der Waals surface area contributed by atoms with Gasteiger partial charge in [0.25, 0.3) is 11.5 Å². The molecule has 8 heteroatoms. The van der Waals surface area contributed by atoms with Crippen molar-refractivity contribution in [2.75, 3.05) is 6.54 Å². The van der Waals surface area contributed by atoms with E-state index in [4.69, 9.17) is 16.6 Å². The van der Waals surface area contributed by atoms with Gasteiger partial charge in [-0.25, -0.2) is 9.37 Å². The number of rotatable bonds is 7. The van der Waals surface area contributed by atoms with Gasteiger partial charge in [-0.05, 0) is 54.1 Å². The highest BCUT2D eigenvalue weighted by atomic mass is 35.5. The van der Waals surface area contributed by atoms with Crippen LogP contribution in [0.15, 0.2) is 64.8 Å². The van der Waals surface area contributed by atoms with Crippen LogP contribution in [-0.2, 0) is 0 Å². The molecule has 2 aromatic carbocycles. The molecule has 0 spiro atoms. The third kappa shape index (κ3) is 4.63. The highest BCUT2D eigenvalue weighted by Crippen LogP contribution is 2.30. The van der Waals surface area contributed by atoms with Gasteiger partial charge in [0.1, 0.15) is 11.6 Å². The summed E-state index contributed by atoms with van der Waals surface area (Å²) in [5.74, 6) is -0.0740. The van der Waals surface area contributed by atoms with Crippen molar-refractivity contribution >= 4 is 39.7 Å². The molecule has 0 saturated heterocycles. The van der Waals surface area contributed by atoms with Crippen molar-refractivity contribution < 1.29 is 9.18 Å². The molecule has 0 radical (unpaired) electrons. The minimum Gasteiger partial charge on any atom is -0.327 e. The van der Waals surface area contributed by atoms with Gasteiger partial charge in [0.2, 0.25) is 0 Å². The second kappa shape index (κ2) is 10.1. The molecule has 0 aliphatic carbocycles. The molecule has 176 valence electrons. The Morgan fingerprint density at radius 1 is 1.18 bits per heavy atom. The number of thiophene rings is 1. The molecule has 4 rings (SSSR count). The van der Waals surface area contributed by atoms with Crippen molar-refractivity contribution in [1.82, 2.24) is 14.5 Å². The molecule has 1 unspecified atom stereocenters. The summed E-state index contributed by atoms with van der Waals surface area (Å²) in [5.41, 5.74) is 0.643. The van der Waals surface area contributed by atoms with E-state index < -0.39 is 11.9 Å². The van der Waals surface area contributed by atoms with Crippen LogP contribution in [0.5, 0.6) is 0 Å². The predicted octanol–water partition coefficient (Wildman–Crippen LogP) is 6.49. The van der Waals surface area contributed by atoms with E-state index in [0.717, 1.165) is 0 Å². The number of para-hydroxylation sites is 1. The van der Waals surface area contributed by atoms with Crippen LogP contribution in [0.25, 0.3) is 16.6 Å². The average Bonchev–Trinajstić information content (AvgIpc) is 3.35. The van der Waals surface area contributed by atoms with Gasteiger partial charge < -0.3 is 4.90 Å². The molecule has 4 aromatic rings. The maximum absolute atomic E-state index is 13.9. The Hall–Kier alpha value is -3.03. The normalized spacial score (nSPS) is 12.3. The highest BCUT2D eigenvalue weighted by molar-refractivity contribution is 7.12. The molecule has 1 amide bonds. The average molecular weight is 498 g/mol. The predicted molar refractivity (Wildman–Crippen MR) is 136 cm³/mol. The molecule has 0 aliphatic heterocycles. The van der Waals surface area contributed by atoms with E-state index in [-0.39, 0.29) is 22.4 Å². The van der Waals surface area contributed by atoms with E-state index in [9.17, 15) is 14.0 Å². The summed E-state index contributed by atoms with van der Waals surface area (Å²) < 4.78 is 15.4. The lowest BCUT2D eigenvalue weighted by atomic mass is 10.1. The lowest BCUT2D eigenvalue weighted by Crippen LogP contribution is -2.40. The number of halogens is 2. The first-order chi connectivity index (χ1) is 16.3. The lowest BCUT2D eigenvalue weighted by Gasteiger charge is -2.33. The number of fused-ring (bicyclic) bond motifs is 1. The zero-order valence-corrected chi connectivity index (χ0v) is 20.7. The number of hydrogen-bond donors (Lipinski definition) is 0. The minimum atomic E-state index is -0.574. The van der Waals surface area contributed by atoms with Crippen molar-refractivity contribution in [3.8, 4) is 5.69 Å². The maximum atomic E-state index is 13.9. The van der Waals surface area contributed by atoms with Crippen LogP contribution < -0.4 is 5.56 Å². The van der Waals surface area contributed by atoms with Gasteiger partial charge >= 0.3 is 0 Å². The molecule has 34 heavy (non-hydrogen) atoms. The summed E-state index contributed by atoms with van der Waals surface area (Å²) in [7, 11) is 0. The largest absolute Gasteiger partial charge is 0.327 e. The van der Waals surface area contributed by atoms with E-state index in [2.05, 4.69) is 0 Å². The first kappa shape index (κ1) is 24.1. The molecular weight excluding hydrogens is 473 g/mol. The van der Waals surface area contributed by atoms with Gasteiger partial charge in [0, 0.05) is 6.54 Å². The molecular formula is C26H25ClFN3O2S. The Labute approximate surface area is 206 Å². The Morgan fingerprint density at radius 3 is 2.59 bits per heavy atom. The number of aromatic nitrogens is 2. The van der Waals surface area contributed by atoms with Crippen molar-refractivity contribution in [2.24, 2.45) is 5.92 Å². The van der Waals surface area contributed by atoms with Crippen LogP contribution >= 0.6 is 22.9 Å². The van der Waals surface area contributed by atoms with Gasteiger partial charge in [-0.15, -0.1) is 11.3 Å². The first-order valence-electron chi connectivity index (χ1n) is 11.1. The molecule has 0 aliphatic rings. The quantitative estimate of drug-likeness (QED) is 0.293. The summed E-state index contributed by atoms with van der Waals surface area (Å²) in [5, 5.41) is 2.21. The fourth-order valence-corrected chi connectivity index (χ4v) is 4.93. The maximum Gasteiger partial charge on any atom is 0.266 e. The van der Waals surface area contributed by atoms with Crippen LogP contribution in [0.1, 0.15) is 48.7 Å². The lowest BCUT2D eigenvalue weighted by molar-refractivity contribution is 0.0636. The number of hydrogen-bond acceptors (Lipinski definition) is 4. The number of nitrogens with zero attached hydrogens (tertiary/aromatic N) is 3. The fourth-order valence-electron chi connectivity index (χ4n) is 4.08. The van der Waals surface area contributed by atoms with Crippen molar-refractivity contribution in [1.29, 1.82) is 0 Å². The van der Waals surface area contributed by atoms with Crippen LogP contribution in [0.4, 0.5) is 4.39 Å². The third-order valence-electron chi connectivity index (χ3n) is 5.58. The Balaban J connectivity index is 1.98. The second-order valence-corrected chi connectivity index (χ2v) is 9.83. The van der Waals surface area contributed by atoms with Crippen molar-refractivity contribution in [3.05, 3.63) is 91.9 Å². The summed E-state index contributed by atoms with van der Waals surface area (Å²) >= 11 is 7.46. The second-order valence-electron chi connectivity index (χ2n) is 8.48. The Bertz CT molecular complexity index is 1380. The number of carbonyl (C=O) groups excluding carboxylic acids is 1. The Kier molecular flexibility index (Phi) is 7.14. The third-order valence-corrected chi connectivity index (χ3v) is 6.73. The number of carbonyl (C=O) groups is 1. The van der Waals surface area contributed by atoms with Crippen LogP contribution in [0, 0.1) is 11.7 Å². The molecule has 2 aromatic heterocycles. The van der Waals surface area contributed by atoms with E-state index in [1.54, 1.807) is 29.2 Å². The van der Waals surface area contributed by atoms with E-state index in [1.807, 2.05) is 38.3 Å². The van der Waals surface area contributed by atoms with Gasteiger partial charge in [-0.1, -0.05) is 50.6 Å². The molecule has 5 nitrogen and oxygen atoms in total. The van der Waals surface area contributed by atoms with Gasteiger partial charge in [-0.3, -0.25) is 14.2 Å². The SMILES string of the molecule is CCC(c1nc2ccccc2c(=O)n1-c1ccc(F)c(Cl)c1)N(CC(C)C)C(=O)c1cccs1. The van der Waals surface area contributed by atoms with E-state index >= 15 is 0 Å². The molecule has 0 bridgehead atoms. The summed E-state index contributed by atoms with van der Waals surface area (Å²) in [6, 6.07) is 14.4. The zero-order chi connectivity index (χ0) is 24.4. The van der Waals surface area contributed by atoms with E-state index in [0.29, 0.717) is 40.3 Å². The fraction of sp³-hybridized carbons (Fsp3) is 0.269. The summed E-state index contributed by atoms with van der Waals surface area (Å²) in [6.07, 6.45) is 0.531. The summed E-state index contributed by atoms with van der Waals surface area (Å²) in [6.45, 7) is 6.54. The van der Waals surface area contributed by atoms with Gasteiger partial charge in [-0.2, -0.15) is 0 Å². The van der Waals surface area contributed by atoms with Crippen molar-refractivity contribution in [2.45, 2.75) is 33.2 Å². The monoisotopic (exact) mass is 497 g/mol. The molecule has 0 fully saturated rings. The minimum absolute atomic E-state index is 0.0924. The van der Waals surface area contributed by atoms with Crippen LogP contribution in [-0.4, -0.2) is 26.9 Å². The smallest absolute Gasteiger partial charge is 0.266 e. The molecule has 2 heterocycles. The van der Waals surface area contributed by atoms with E-state index in [1.165, 1.54) is 34.1 Å². The van der Waals surface area contributed by atoms with Gasteiger partial charge in [0.15, 0.2) is 0 Å². The molecule has 1 atom stereocenters. The zero-order valence-electron chi connectivity index (χ0n) is 19.2. The topological polar surface area (TPSA) is 55.2 Å². The summed E-state index contributed by atoms with van der Waals surface area (Å²) in [4.78, 5) is 34.5. The first-order valence-corrected chi connectivity index (χ1v) is 12.4. The molecule has 0 saturated carbocycles. The standard InChI is InChI=1S/C26H25ClFN3O2S/c1-4-22(30(15-16(2)3)26(33)23-10-7-13-34-23)24-29-21-9-6-5-8-18(21)25(32)31(24)17-11-12-20(28)19(27)14-17/h5-14,16,22H,4,15H2,1-3H3. The number of benzene rings is 2. The van der Waals surface area contributed by atoms with Crippen LogP contribution in [0.3, 0.4) is 0 Å².